The summed E-state index contributed by atoms with van der Waals surface area (Å²) in [6.07, 6.45) is 2.94. The van der Waals surface area contributed by atoms with Gasteiger partial charge in [0.25, 0.3) is 0 Å². The maximum Gasteiger partial charge on any atom is 0.339 e. The second-order valence-electron chi connectivity index (χ2n) is 3.33. The van der Waals surface area contributed by atoms with Crippen LogP contribution in [0.1, 0.15) is 5.56 Å². The van der Waals surface area contributed by atoms with Crippen LogP contribution in [0.25, 0.3) is 0 Å². The van der Waals surface area contributed by atoms with E-state index in [9.17, 15) is 9.59 Å². The first-order chi connectivity index (χ1) is 8.60. The first kappa shape index (κ1) is 12.5. The maximum absolute atomic E-state index is 11.1. The van der Waals surface area contributed by atoms with E-state index in [1.54, 1.807) is 7.05 Å². The first-order valence-electron chi connectivity index (χ1n) is 4.87. The zero-order chi connectivity index (χ0) is 13.1. The van der Waals surface area contributed by atoms with Crippen molar-refractivity contribution in [1.82, 2.24) is 24.7 Å². The summed E-state index contributed by atoms with van der Waals surface area (Å²) in [5.41, 5.74) is -1.05. The predicted octanol–water partition coefficient (Wildman–Crippen LogP) is -1.10. The van der Waals surface area contributed by atoms with E-state index >= 15 is 0 Å². The molecule has 0 aromatic carbocycles. The molecule has 2 N–H and O–H groups in total. The molecule has 2 heterocycles. The molecule has 94 valence electrons. The van der Waals surface area contributed by atoms with Crippen molar-refractivity contribution < 1.29 is 5.11 Å². The van der Waals surface area contributed by atoms with Gasteiger partial charge in [-0.05, 0) is 11.8 Å². The Labute approximate surface area is 105 Å². The van der Waals surface area contributed by atoms with Crippen LogP contribution in [-0.2, 0) is 13.7 Å². The number of aliphatic hydroxyl groups is 1. The monoisotopic (exact) mass is 267 g/mol. The van der Waals surface area contributed by atoms with E-state index in [4.69, 9.17) is 5.11 Å². The minimum Gasteiger partial charge on any atom is -0.392 e. The largest absolute Gasteiger partial charge is 0.392 e. The molecular weight excluding hydrogens is 258 g/mol. The number of aliphatic hydroxyl groups excluding tert-OH is 1. The van der Waals surface area contributed by atoms with Crippen molar-refractivity contribution in [1.29, 1.82) is 0 Å². The zero-order valence-electron chi connectivity index (χ0n) is 9.32. The predicted molar refractivity (Wildman–Crippen MR) is 62.2 cm³/mol. The summed E-state index contributed by atoms with van der Waals surface area (Å²) in [5, 5.41) is 11.8. The molecule has 2 aromatic rings. The van der Waals surface area contributed by atoms with Crippen LogP contribution in [0, 0.1) is 0 Å². The van der Waals surface area contributed by atoms with Crippen molar-refractivity contribution in [3.8, 4) is 0 Å². The Morgan fingerprint density at radius 2 is 2.06 bits per heavy atom. The molecule has 0 unspecified atom stereocenters. The van der Waals surface area contributed by atoms with Crippen LogP contribution >= 0.6 is 11.8 Å². The first-order valence-corrected chi connectivity index (χ1v) is 5.69. The number of aromatic amines is 1. The highest BCUT2D eigenvalue weighted by Gasteiger charge is 2.07. The molecule has 9 heteroatoms. The lowest BCUT2D eigenvalue weighted by Crippen LogP contribution is -2.33. The lowest BCUT2D eigenvalue weighted by molar-refractivity contribution is 0.280. The lowest BCUT2D eigenvalue weighted by atomic mass is 10.4. The third kappa shape index (κ3) is 2.63. The summed E-state index contributed by atoms with van der Waals surface area (Å²) in [6, 6.07) is 0. The summed E-state index contributed by atoms with van der Waals surface area (Å²) in [5.74, 6) is 0. The molecule has 0 radical (unpaired) electrons. The van der Waals surface area contributed by atoms with Crippen molar-refractivity contribution in [2.24, 2.45) is 7.05 Å². The van der Waals surface area contributed by atoms with E-state index in [1.165, 1.54) is 17.1 Å². The third-order valence-corrected chi connectivity index (χ3v) is 2.94. The summed E-state index contributed by atoms with van der Waals surface area (Å²) in [4.78, 5) is 33.7. The van der Waals surface area contributed by atoms with Gasteiger partial charge < -0.3 is 5.11 Å². The zero-order valence-corrected chi connectivity index (χ0v) is 10.1. The van der Waals surface area contributed by atoms with Crippen LogP contribution in [0.3, 0.4) is 0 Å². The highest BCUT2D eigenvalue weighted by Crippen LogP contribution is 2.19. The summed E-state index contributed by atoms with van der Waals surface area (Å²) < 4.78 is 1.32. The fourth-order valence-corrected chi connectivity index (χ4v) is 1.80. The number of nitrogens with zero attached hydrogens (tertiary/aromatic N) is 4. The number of aryl methyl sites for hydroxylation is 1. The van der Waals surface area contributed by atoms with E-state index in [2.05, 4.69) is 20.1 Å². The van der Waals surface area contributed by atoms with Crippen LogP contribution in [0.4, 0.5) is 0 Å². The maximum atomic E-state index is 11.1. The highest BCUT2D eigenvalue weighted by atomic mass is 32.2. The van der Waals surface area contributed by atoms with Crippen molar-refractivity contribution in [3.63, 3.8) is 0 Å². The van der Waals surface area contributed by atoms with Gasteiger partial charge in [0.05, 0.1) is 6.61 Å². The topological polar surface area (TPSA) is 114 Å². The molecule has 0 saturated carbocycles. The van der Waals surface area contributed by atoms with Crippen molar-refractivity contribution >= 4 is 11.8 Å². The van der Waals surface area contributed by atoms with Gasteiger partial charge in [0.1, 0.15) is 0 Å². The van der Waals surface area contributed by atoms with E-state index < -0.39 is 11.1 Å². The summed E-state index contributed by atoms with van der Waals surface area (Å²) in [7, 11) is 1.55. The normalized spacial score (nSPS) is 10.6. The van der Waals surface area contributed by atoms with E-state index in [1.807, 2.05) is 0 Å². The molecule has 0 aliphatic rings. The highest BCUT2D eigenvalue weighted by molar-refractivity contribution is 7.99. The average Bonchev–Trinajstić information content (AvgIpc) is 2.37. The molecule has 0 saturated heterocycles. The molecule has 2 rings (SSSR count). The number of rotatable bonds is 3. The molecule has 8 nitrogen and oxygen atoms in total. The summed E-state index contributed by atoms with van der Waals surface area (Å²) in [6.45, 7) is -0.139. The minimum absolute atomic E-state index is 0.139. The fourth-order valence-electron chi connectivity index (χ4n) is 1.11. The number of H-pyrrole nitrogens is 1. The molecule has 18 heavy (non-hydrogen) atoms. The van der Waals surface area contributed by atoms with Gasteiger partial charge in [-0.3, -0.25) is 19.4 Å². The van der Waals surface area contributed by atoms with Gasteiger partial charge in [-0.1, -0.05) is 0 Å². The van der Waals surface area contributed by atoms with Crippen LogP contribution < -0.4 is 11.1 Å². The van der Waals surface area contributed by atoms with Crippen LogP contribution in [0.15, 0.2) is 32.3 Å². The Hall–Kier alpha value is -2.00. The Bertz CT molecular complexity index is 663. The molecule has 0 atom stereocenters. The molecule has 2 aromatic heterocycles. The van der Waals surface area contributed by atoms with Crippen LogP contribution in [-0.4, -0.2) is 29.8 Å². The molecule has 0 fully saturated rings. The number of aromatic nitrogens is 5. The van der Waals surface area contributed by atoms with Gasteiger partial charge in [0, 0.05) is 25.0 Å². The van der Waals surface area contributed by atoms with Gasteiger partial charge in [-0.15, -0.1) is 0 Å². The van der Waals surface area contributed by atoms with Gasteiger partial charge in [0.15, 0.2) is 10.3 Å². The van der Waals surface area contributed by atoms with Gasteiger partial charge in [-0.25, -0.2) is 9.97 Å². The molecule has 0 bridgehead atoms. The summed E-state index contributed by atoms with van der Waals surface area (Å²) >= 11 is 1.03. The Balaban J connectivity index is 2.30. The second-order valence-corrected chi connectivity index (χ2v) is 4.27. The second kappa shape index (κ2) is 5.10. The van der Waals surface area contributed by atoms with Crippen LogP contribution in [0.5, 0.6) is 0 Å². The fraction of sp³-hybridized carbons (Fsp3) is 0.222. The standard InChI is InChI=1S/C9H9N5O3S/c1-14-9(12-6(16)7(17)13-14)18-8-10-2-5(4-15)3-11-8/h2-3,15H,4H2,1H3,(H,13,17). The van der Waals surface area contributed by atoms with Crippen LogP contribution in [0.2, 0.25) is 0 Å². The van der Waals surface area contributed by atoms with Gasteiger partial charge in [-0.2, -0.15) is 4.98 Å². The van der Waals surface area contributed by atoms with Crippen molar-refractivity contribution in [2.45, 2.75) is 16.9 Å². The lowest BCUT2D eigenvalue weighted by Gasteiger charge is -2.04. The molecular formula is C9H9N5O3S. The number of hydrogen-bond donors (Lipinski definition) is 2. The minimum atomic E-state index is -0.859. The smallest absolute Gasteiger partial charge is 0.339 e. The third-order valence-electron chi connectivity index (χ3n) is 1.99. The quantitative estimate of drug-likeness (QED) is 0.536. The number of nitrogens with one attached hydrogen (secondary N) is 1. The molecule has 0 aliphatic carbocycles. The Morgan fingerprint density at radius 3 is 2.67 bits per heavy atom. The van der Waals surface area contributed by atoms with Crippen molar-refractivity contribution in [2.75, 3.05) is 0 Å². The van der Waals surface area contributed by atoms with E-state index in [0.717, 1.165) is 11.8 Å². The Morgan fingerprint density at radius 1 is 1.39 bits per heavy atom. The van der Waals surface area contributed by atoms with Crippen molar-refractivity contribution in [3.05, 3.63) is 38.7 Å². The molecule has 0 aliphatic heterocycles. The van der Waals surface area contributed by atoms with E-state index in [-0.39, 0.29) is 11.8 Å². The number of hydrogen-bond acceptors (Lipinski definition) is 7. The Kier molecular flexibility index (Phi) is 3.53. The SMILES string of the molecule is Cn1[nH]c(=O)c(=O)nc1Sc1ncc(CO)cn1. The average molecular weight is 267 g/mol. The van der Waals surface area contributed by atoms with Gasteiger partial charge in [0.2, 0.25) is 0 Å². The molecule has 0 amide bonds. The van der Waals surface area contributed by atoms with Gasteiger partial charge >= 0.3 is 11.1 Å². The van der Waals surface area contributed by atoms with E-state index in [0.29, 0.717) is 10.7 Å². The molecule has 0 spiro atoms.